The normalized spacial score (nSPS) is 24.2. The SMILES string of the molecule is CCN(CC)c1noc(C2COCC2NC)n1. The summed E-state index contributed by atoms with van der Waals surface area (Å²) in [5, 5.41) is 7.24. The minimum absolute atomic E-state index is 0.164. The van der Waals surface area contributed by atoms with E-state index in [9.17, 15) is 0 Å². The molecule has 1 saturated heterocycles. The van der Waals surface area contributed by atoms with Crippen molar-refractivity contribution in [2.24, 2.45) is 0 Å². The van der Waals surface area contributed by atoms with Crippen LogP contribution in [0.4, 0.5) is 5.95 Å². The van der Waals surface area contributed by atoms with E-state index in [1.807, 2.05) is 7.05 Å². The second-order valence-corrected chi connectivity index (χ2v) is 4.14. The smallest absolute Gasteiger partial charge is 0.266 e. The van der Waals surface area contributed by atoms with Gasteiger partial charge < -0.3 is 19.5 Å². The first-order valence-electron chi connectivity index (χ1n) is 6.13. The fourth-order valence-corrected chi connectivity index (χ4v) is 2.09. The Bertz CT molecular complexity index is 351. The highest BCUT2D eigenvalue weighted by Gasteiger charge is 2.33. The average Bonchev–Trinajstić information content (AvgIpc) is 2.98. The first-order chi connectivity index (χ1) is 8.30. The molecule has 17 heavy (non-hydrogen) atoms. The van der Waals surface area contributed by atoms with Gasteiger partial charge in [-0.2, -0.15) is 4.98 Å². The first-order valence-corrected chi connectivity index (χ1v) is 6.13. The predicted octanol–water partition coefficient (Wildman–Crippen LogP) is 0.618. The highest BCUT2D eigenvalue weighted by atomic mass is 16.5. The maximum absolute atomic E-state index is 5.43. The fraction of sp³-hybridized carbons (Fsp3) is 0.818. The van der Waals surface area contributed by atoms with Gasteiger partial charge in [-0.1, -0.05) is 0 Å². The van der Waals surface area contributed by atoms with Crippen molar-refractivity contribution in [2.45, 2.75) is 25.8 Å². The molecule has 1 aliphatic rings. The quantitative estimate of drug-likeness (QED) is 0.814. The van der Waals surface area contributed by atoms with E-state index in [1.54, 1.807) is 0 Å². The van der Waals surface area contributed by atoms with Crippen LogP contribution in [0.2, 0.25) is 0 Å². The topological polar surface area (TPSA) is 63.4 Å². The molecule has 0 saturated carbocycles. The summed E-state index contributed by atoms with van der Waals surface area (Å²) in [4.78, 5) is 6.53. The molecule has 1 aromatic rings. The molecule has 1 aliphatic heterocycles. The zero-order valence-electron chi connectivity index (χ0n) is 10.6. The Labute approximate surface area is 101 Å². The average molecular weight is 240 g/mol. The zero-order chi connectivity index (χ0) is 12.3. The predicted molar refractivity (Wildman–Crippen MR) is 64.3 cm³/mol. The molecule has 0 aromatic carbocycles. The molecule has 2 atom stereocenters. The van der Waals surface area contributed by atoms with E-state index in [1.165, 1.54) is 0 Å². The lowest BCUT2D eigenvalue weighted by atomic mass is 10.0. The maximum atomic E-state index is 5.43. The van der Waals surface area contributed by atoms with Crippen LogP contribution in [-0.2, 0) is 4.74 Å². The molecule has 1 N–H and O–H groups in total. The van der Waals surface area contributed by atoms with Gasteiger partial charge in [-0.05, 0) is 26.1 Å². The fourth-order valence-electron chi connectivity index (χ4n) is 2.09. The molecular formula is C11H20N4O2. The Morgan fingerprint density at radius 2 is 2.12 bits per heavy atom. The van der Waals surface area contributed by atoms with E-state index in [0.717, 1.165) is 13.1 Å². The lowest BCUT2D eigenvalue weighted by Crippen LogP contribution is -2.31. The van der Waals surface area contributed by atoms with E-state index in [0.29, 0.717) is 25.1 Å². The molecule has 6 nitrogen and oxygen atoms in total. The second kappa shape index (κ2) is 5.46. The summed E-state index contributed by atoms with van der Waals surface area (Å²) >= 11 is 0. The van der Waals surface area contributed by atoms with Crippen LogP contribution >= 0.6 is 0 Å². The summed E-state index contributed by atoms with van der Waals surface area (Å²) in [5.41, 5.74) is 0. The second-order valence-electron chi connectivity index (χ2n) is 4.14. The van der Waals surface area contributed by atoms with Gasteiger partial charge in [0.2, 0.25) is 5.89 Å². The highest BCUT2D eigenvalue weighted by molar-refractivity contribution is 5.27. The molecule has 0 aliphatic carbocycles. The van der Waals surface area contributed by atoms with Crippen molar-refractivity contribution in [3.8, 4) is 0 Å². The van der Waals surface area contributed by atoms with Crippen LogP contribution < -0.4 is 10.2 Å². The van der Waals surface area contributed by atoms with Crippen molar-refractivity contribution in [3.05, 3.63) is 5.89 Å². The van der Waals surface area contributed by atoms with Crippen LogP contribution in [0.25, 0.3) is 0 Å². The summed E-state index contributed by atoms with van der Waals surface area (Å²) in [6.07, 6.45) is 0. The van der Waals surface area contributed by atoms with Crippen molar-refractivity contribution >= 4 is 5.95 Å². The minimum atomic E-state index is 0.164. The Hall–Kier alpha value is -1.14. The van der Waals surface area contributed by atoms with Crippen molar-refractivity contribution in [3.63, 3.8) is 0 Å². The lowest BCUT2D eigenvalue weighted by Gasteiger charge is -2.15. The Kier molecular flexibility index (Phi) is 3.96. The van der Waals surface area contributed by atoms with E-state index < -0.39 is 0 Å². The van der Waals surface area contributed by atoms with Gasteiger partial charge in [0.1, 0.15) is 0 Å². The number of ether oxygens (including phenoxy) is 1. The van der Waals surface area contributed by atoms with Gasteiger partial charge >= 0.3 is 0 Å². The van der Waals surface area contributed by atoms with Crippen LogP contribution in [0.5, 0.6) is 0 Å². The van der Waals surface area contributed by atoms with Crippen LogP contribution in [0.15, 0.2) is 4.52 Å². The number of likely N-dealkylation sites (N-methyl/N-ethyl adjacent to an activating group) is 1. The van der Waals surface area contributed by atoms with Gasteiger partial charge in [0.15, 0.2) is 0 Å². The third kappa shape index (κ3) is 2.42. The molecule has 0 amide bonds. The number of nitrogens with one attached hydrogen (secondary N) is 1. The van der Waals surface area contributed by atoms with E-state index >= 15 is 0 Å². The van der Waals surface area contributed by atoms with Gasteiger partial charge in [-0.15, -0.1) is 0 Å². The number of nitrogens with zero attached hydrogens (tertiary/aromatic N) is 3. The van der Waals surface area contributed by atoms with Crippen molar-refractivity contribution in [1.29, 1.82) is 0 Å². The lowest BCUT2D eigenvalue weighted by molar-refractivity contribution is 0.185. The Morgan fingerprint density at radius 3 is 2.76 bits per heavy atom. The molecule has 2 unspecified atom stereocenters. The molecule has 0 bridgehead atoms. The molecule has 0 spiro atoms. The van der Waals surface area contributed by atoms with Crippen molar-refractivity contribution < 1.29 is 9.26 Å². The molecule has 6 heteroatoms. The van der Waals surface area contributed by atoms with Crippen LogP contribution in [-0.4, -0.2) is 49.5 Å². The molecule has 1 aromatic heterocycles. The largest absolute Gasteiger partial charge is 0.379 e. The summed E-state index contributed by atoms with van der Waals surface area (Å²) in [6.45, 7) is 7.26. The van der Waals surface area contributed by atoms with Crippen molar-refractivity contribution in [1.82, 2.24) is 15.5 Å². The van der Waals surface area contributed by atoms with Crippen molar-refractivity contribution in [2.75, 3.05) is 38.3 Å². The van der Waals surface area contributed by atoms with Gasteiger partial charge in [-0.25, -0.2) is 0 Å². The number of anilines is 1. The molecular weight excluding hydrogens is 220 g/mol. The first kappa shape index (κ1) is 12.3. The monoisotopic (exact) mass is 240 g/mol. The molecule has 2 heterocycles. The summed E-state index contributed by atoms with van der Waals surface area (Å²) < 4.78 is 10.8. The third-order valence-corrected chi connectivity index (χ3v) is 3.25. The minimum Gasteiger partial charge on any atom is -0.379 e. The standard InChI is InChI=1S/C11H20N4O2/c1-4-15(5-2)11-13-10(17-14-11)8-6-16-7-9(8)12-3/h8-9,12H,4-7H2,1-3H3. The number of rotatable bonds is 5. The third-order valence-electron chi connectivity index (χ3n) is 3.25. The zero-order valence-corrected chi connectivity index (χ0v) is 10.6. The van der Waals surface area contributed by atoms with Gasteiger partial charge in [-0.3, -0.25) is 0 Å². The van der Waals surface area contributed by atoms with E-state index in [4.69, 9.17) is 9.26 Å². The molecule has 0 radical (unpaired) electrons. The summed E-state index contributed by atoms with van der Waals surface area (Å²) in [5.74, 6) is 1.51. The maximum Gasteiger partial charge on any atom is 0.266 e. The van der Waals surface area contributed by atoms with E-state index in [-0.39, 0.29) is 12.0 Å². The molecule has 96 valence electrons. The number of aromatic nitrogens is 2. The van der Waals surface area contributed by atoms with Crippen LogP contribution in [0, 0.1) is 0 Å². The summed E-state index contributed by atoms with van der Waals surface area (Å²) in [7, 11) is 1.92. The summed E-state index contributed by atoms with van der Waals surface area (Å²) in [6, 6.07) is 0.264. The van der Waals surface area contributed by atoms with Crippen LogP contribution in [0.1, 0.15) is 25.7 Å². The van der Waals surface area contributed by atoms with Gasteiger partial charge in [0.05, 0.1) is 19.1 Å². The highest BCUT2D eigenvalue weighted by Crippen LogP contribution is 2.25. The number of hydrogen-bond donors (Lipinski definition) is 1. The Balaban J connectivity index is 2.12. The van der Waals surface area contributed by atoms with Crippen LogP contribution in [0.3, 0.4) is 0 Å². The number of hydrogen-bond acceptors (Lipinski definition) is 6. The van der Waals surface area contributed by atoms with Gasteiger partial charge in [0.25, 0.3) is 5.95 Å². The van der Waals surface area contributed by atoms with Gasteiger partial charge in [0, 0.05) is 19.1 Å². The Morgan fingerprint density at radius 1 is 1.35 bits per heavy atom. The molecule has 1 fully saturated rings. The molecule has 2 rings (SSSR count). The van der Waals surface area contributed by atoms with E-state index in [2.05, 4.69) is 34.2 Å².